The monoisotopic (exact) mass is 312 g/mol. The van der Waals surface area contributed by atoms with E-state index in [2.05, 4.69) is 28.4 Å². The van der Waals surface area contributed by atoms with Crippen molar-refractivity contribution in [2.45, 2.75) is 20.2 Å². The van der Waals surface area contributed by atoms with Gasteiger partial charge >= 0.3 is 18.5 Å². The number of cyclic esters (lactones) is 4. The van der Waals surface area contributed by atoms with Crippen LogP contribution in [0.15, 0.2) is 0 Å². The van der Waals surface area contributed by atoms with Crippen LogP contribution in [0.1, 0.15) is 13.8 Å². The van der Waals surface area contributed by atoms with Gasteiger partial charge in [-0.3, -0.25) is 0 Å². The van der Waals surface area contributed by atoms with Crippen molar-refractivity contribution in [2.24, 2.45) is 0 Å². The molecular weight excluding hydrogens is 295 g/mol. The summed E-state index contributed by atoms with van der Waals surface area (Å²) in [6.45, 7) is 4.78. The first-order valence-electron chi connectivity index (χ1n) is 6.06. The Morgan fingerprint density at radius 3 is 1.81 bits per heavy atom. The minimum Gasteiger partial charge on any atom is -0.435 e. The molecule has 0 spiro atoms. The van der Waals surface area contributed by atoms with Crippen LogP contribution in [0.2, 0.25) is 0 Å². The molecule has 1 atom stereocenters. The molecule has 122 valence electrons. The van der Waals surface area contributed by atoms with Crippen molar-refractivity contribution in [3.8, 4) is 0 Å². The molecule has 0 radical (unpaired) electrons. The molecule has 2 rings (SSSR count). The van der Waals surface area contributed by atoms with E-state index in [1.807, 2.05) is 0 Å². The number of hydrogen-bond acceptors (Lipinski definition) is 9. The van der Waals surface area contributed by atoms with Gasteiger partial charge in [-0.15, -0.1) is 0 Å². The highest BCUT2D eigenvalue weighted by atomic mass is 19.1. The van der Waals surface area contributed by atoms with E-state index in [1.54, 1.807) is 13.8 Å². The van der Waals surface area contributed by atoms with Crippen LogP contribution in [0.5, 0.6) is 0 Å². The fourth-order valence-corrected chi connectivity index (χ4v) is 0.875. The van der Waals surface area contributed by atoms with Crippen LogP contribution in [-0.2, 0) is 28.4 Å². The van der Waals surface area contributed by atoms with E-state index in [4.69, 9.17) is 0 Å². The van der Waals surface area contributed by atoms with Crippen LogP contribution in [0.25, 0.3) is 0 Å². The van der Waals surface area contributed by atoms with Crippen molar-refractivity contribution in [2.75, 3.05) is 33.0 Å². The standard InChI is InChI=1S/C5H10O3.C3H3FO3.C3H4O3/c1-3-7-5(6)8-4-2;4-2-1-6-3(5)7-2;4-3-5-1-2-6-3/h3-4H2,1-2H3;2H,1H2;1-2H2. The summed E-state index contributed by atoms with van der Waals surface area (Å²) in [6.07, 6.45) is -3.61. The molecule has 9 nitrogen and oxygen atoms in total. The molecule has 10 heteroatoms. The second-order valence-corrected chi connectivity index (χ2v) is 3.15. The van der Waals surface area contributed by atoms with E-state index in [-0.39, 0.29) is 6.61 Å². The van der Waals surface area contributed by atoms with E-state index in [0.29, 0.717) is 26.4 Å². The maximum Gasteiger partial charge on any atom is 0.511 e. The number of carbonyl (C=O) groups excluding carboxylic acids is 3. The minimum absolute atomic E-state index is 0.265. The normalized spacial score (nSPS) is 18.5. The van der Waals surface area contributed by atoms with Gasteiger partial charge in [-0.2, -0.15) is 4.39 Å². The van der Waals surface area contributed by atoms with Crippen molar-refractivity contribution in [3.63, 3.8) is 0 Å². The highest BCUT2D eigenvalue weighted by Crippen LogP contribution is 2.05. The Hall–Kier alpha value is -2.26. The van der Waals surface area contributed by atoms with Crippen LogP contribution in [0.3, 0.4) is 0 Å². The molecule has 21 heavy (non-hydrogen) atoms. The van der Waals surface area contributed by atoms with Gasteiger partial charge in [0.25, 0.3) is 6.36 Å². The number of carbonyl (C=O) groups is 3. The van der Waals surface area contributed by atoms with Crippen LogP contribution in [0.4, 0.5) is 18.8 Å². The van der Waals surface area contributed by atoms with Gasteiger partial charge in [0.1, 0.15) is 13.2 Å². The molecule has 2 fully saturated rings. The zero-order chi connectivity index (χ0) is 16.1. The molecule has 0 saturated carbocycles. The summed E-state index contributed by atoms with van der Waals surface area (Å²) in [7, 11) is 0. The number of halogens is 1. The summed E-state index contributed by atoms with van der Waals surface area (Å²) < 4.78 is 36.9. The summed E-state index contributed by atoms with van der Waals surface area (Å²) in [5.41, 5.74) is 0. The molecule has 2 aliphatic heterocycles. The molecule has 0 N–H and O–H groups in total. The molecule has 2 aliphatic rings. The van der Waals surface area contributed by atoms with Gasteiger partial charge in [0.2, 0.25) is 0 Å². The molecule has 0 aliphatic carbocycles. The number of rotatable bonds is 2. The first-order valence-corrected chi connectivity index (χ1v) is 6.06. The summed E-state index contributed by atoms with van der Waals surface area (Å²) in [6, 6.07) is 0. The van der Waals surface area contributed by atoms with Gasteiger partial charge in [-0.25, -0.2) is 14.4 Å². The molecule has 2 saturated heterocycles. The predicted molar refractivity (Wildman–Crippen MR) is 63.3 cm³/mol. The van der Waals surface area contributed by atoms with E-state index < -0.39 is 24.8 Å². The second kappa shape index (κ2) is 11.6. The Morgan fingerprint density at radius 2 is 1.62 bits per heavy atom. The lowest BCUT2D eigenvalue weighted by Crippen LogP contribution is -2.05. The smallest absolute Gasteiger partial charge is 0.435 e. The number of hydrogen-bond donors (Lipinski definition) is 0. The fourth-order valence-electron chi connectivity index (χ4n) is 0.875. The maximum atomic E-state index is 11.6. The van der Waals surface area contributed by atoms with E-state index in [1.165, 1.54) is 0 Å². The second-order valence-electron chi connectivity index (χ2n) is 3.15. The highest BCUT2D eigenvalue weighted by Gasteiger charge is 2.23. The lowest BCUT2D eigenvalue weighted by atomic mass is 10.8. The van der Waals surface area contributed by atoms with Crippen LogP contribution < -0.4 is 0 Å². The Bertz CT molecular complexity index is 318. The number of alkyl halides is 1. The molecule has 0 aromatic carbocycles. The van der Waals surface area contributed by atoms with Gasteiger partial charge in [-0.05, 0) is 13.8 Å². The van der Waals surface area contributed by atoms with E-state index >= 15 is 0 Å². The predicted octanol–water partition coefficient (Wildman–Crippen LogP) is 1.78. The molecule has 1 unspecified atom stereocenters. The molecule has 0 amide bonds. The van der Waals surface area contributed by atoms with Gasteiger partial charge in [-0.1, -0.05) is 0 Å². The zero-order valence-electron chi connectivity index (χ0n) is 11.7. The molecule has 0 aromatic rings. The Morgan fingerprint density at radius 1 is 1.10 bits per heavy atom. The maximum absolute atomic E-state index is 11.6. The molecule has 2 heterocycles. The molecule has 0 aromatic heterocycles. The topological polar surface area (TPSA) is 107 Å². The minimum atomic E-state index is -1.55. The SMILES string of the molecule is CCOC(=O)OCC.O=C1OCC(F)O1.O=C1OCCO1. The fraction of sp³-hybridized carbons (Fsp3) is 0.727. The highest BCUT2D eigenvalue weighted by molar-refractivity contribution is 5.61. The van der Waals surface area contributed by atoms with Gasteiger partial charge in [0.05, 0.1) is 13.2 Å². The first-order chi connectivity index (χ1) is 9.99. The lowest BCUT2D eigenvalue weighted by Gasteiger charge is -1.98. The summed E-state index contributed by atoms with van der Waals surface area (Å²) in [4.78, 5) is 29.8. The van der Waals surface area contributed by atoms with Crippen molar-refractivity contribution in [3.05, 3.63) is 0 Å². The van der Waals surface area contributed by atoms with E-state index in [9.17, 15) is 18.8 Å². The number of ether oxygens (including phenoxy) is 6. The zero-order valence-corrected chi connectivity index (χ0v) is 11.7. The van der Waals surface area contributed by atoms with Gasteiger partial charge < -0.3 is 28.4 Å². The van der Waals surface area contributed by atoms with Gasteiger partial charge in [0.15, 0.2) is 6.61 Å². The average molecular weight is 312 g/mol. The van der Waals surface area contributed by atoms with Crippen molar-refractivity contribution in [1.29, 1.82) is 0 Å². The lowest BCUT2D eigenvalue weighted by molar-refractivity contribution is 0.0571. The summed E-state index contributed by atoms with van der Waals surface area (Å²) in [5.74, 6) is 0. The van der Waals surface area contributed by atoms with Crippen LogP contribution in [0, 0.1) is 0 Å². The third-order valence-corrected chi connectivity index (χ3v) is 1.60. The Labute approximate surface area is 120 Å². The third-order valence-electron chi connectivity index (χ3n) is 1.60. The molecular formula is C11H17FO9. The third kappa shape index (κ3) is 11.3. The van der Waals surface area contributed by atoms with Gasteiger partial charge in [0, 0.05) is 0 Å². The van der Waals surface area contributed by atoms with Crippen LogP contribution >= 0.6 is 0 Å². The first kappa shape index (κ1) is 18.7. The van der Waals surface area contributed by atoms with Crippen molar-refractivity contribution >= 4 is 18.5 Å². The summed E-state index contributed by atoms with van der Waals surface area (Å²) >= 11 is 0. The quantitative estimate of drug-likeness (QED) is 0.557. The Balaban J connectivity index is 0.000000288. The van der Waals surface area contributed by atoms with E-state index in [0.717, 1.165) is 0 Å². The molecule has 0 bridgehead atoms. The van der Waals surface area contributed by atoms with Crippen molar-refractivity contribution in [1.82, 2.24) is 0 Å². The van der Waals surface area contributed by atoms with Crippen LogP contribution in [-0.4, -0.2) is 57.9 Å². The van der Waals surface area contributed by atoms with Crippen molar-refractivity contribution < 1.29 is 47.2 Å². The Kier molecular flexibility index (Phi) is 10.3. The largest absolute Gasteiger partial charge is 0.511 e. The average Bonchev–Trinajstić information content (AvgIpc) is 3.03. The summed E-state index contributed by atoms with van der Waals surface area (Å²) in [5, 5.41) is 0.